The Kier molecular flexibility index (Phi) is 3.55. The average Bonchev–Trinajstić information content (AvgIpc) is 2.28. The Hall–Kier alpha value is 0.560. The first kappa shape index (κ1) is 11.6. The van der Waals surface area contributed by atoms with Crippen molar-refractivity contribution in [3.63, 3.8) is 0 Å². The zero-order chi connectivity index (χ0) is 10.2. The molecule has 1 rings (SSSR count). The number of hydrogen-bond acceptors (Lipinski definition) is 0. The predicted molar refractivity (Wildman–Crippen MR) is 58.5 cm³/mol. The van der Waals surface area contributed by atoms with Crippen LogP contribution in [-0.4, -0.2) is 4.68 Å². The van der Waals surface area contributed by atoms with E-state index < -0.39 is 3.79 Å². The minimum atomic E-state index is -1.37. The van der Waals surface area contributed by atoms with Crippen molar-refractivity contribution in [1.82, 2.24) is 4.68 Å². The summed E-state index contributed by atoms with van der Waals surface area (Å²) in [5.74, 6) is 0. The molecule has 0 aliphatic heterocycles. The third-order valence-corrected chi connectivity index (χ3v) is 3.10. The molecule has 0 unspecified atom stereocenters. The average molecular weight is 307 g/mol. The smallest absolute Gasteiger partial charge is 0.160 e. The van der Waals surface area contributed by atoms with Gasteiger partial charge >= 0.3 is 0 Å². The van der Waals surface area contributed by atoms with Crippen LogP contribution in [0.5, 0.6) is 0 Å². The van der Waals surface area contributed by atoms with Crippen LogP contribution in [0.15, 0.2) is 6.07 Å². The summed E-state index contributed by atoms with van der Waals surface area (Å²) in [6.45, 7) is 0. The molecule has 0 fully saturated rings. The lowest BCUT2D eigenvalue weighted by Crippen LogP contribution is -2.43. The van der Waals surface area contributed by atoms with Crippen molar-refractivity contribution < 1.29 is 4.68 Å². The first-order chi connectivity index (χ1) is 5.88. The van der Waals surface area contributed by atoms with E-state index in [1.165, 1.54) is 0 Å². The number of nitrogens with zero attached hydrogens (tertiary/aromatic N) is 2. The number of halogens is 4. The standard InChI is InChI=1S/C7H9BrCl3N2/c1-12-5(4-8)3-6(13(12)2)7(9,10)11/h3H,4H2,1-2H3/q+1. The van der Waals surface area contributed by atoms with Gasteiger partial charge in [-0.2, -0.15) is 4.68 Å². The summed E-state index contributed by atoms with van der Waals surface area (Å²) in [6, 6.07) is 1.86. The van der Waals surface area contributed by atoms with Gasteiger partial charge in [0.25, 0.3) is 9.49 Å². The molecule has 74 valence electrons. The van der Waals surface area contributed by atoms with Gasteiger partial charge in [-0.3, -0.25) is 0 Å². The van der Waals surface area contributed by atoms with Crippen LogP contribution in [0.3, 0.4) is 0 Å². The van der Waals surface area contributed by atoms with Crippen LogP contribution in [0.4, 0.5) is 0 Å². The molecule has 0 spiro atoms. The van der Waals surface area contributed by atoms with Crippen LogP contribution in [0.2, 0.25) is 0 Å². The van der Waals surface area contributed by atoms with Gasteiger partial charge in [-0.15, -0.1) is 4.68 Å². The Balaban J connectivity index is 3.25. The first-order valence-electron chi connectivity index (χ1n) is 3.56. The highest BCUT2D eigenvalue weighted by molar-refractivity contribution is 9.08. The Morgan fingerprint density at radius 1 is 1.54 bits per heavy atom. The normalized spacial score (nSPS) is 12.2. The molecule has 1 heterocycles. The highest BCUT2D eigenvalue weighted by Crippen LogP contribution is 2.36. The van der Waals surface area contributed by atoms with Crippen molar-refractivity contribution in [3.8, 4) is 0 Å². The van der Waals surface area contributed by atoms with Gasteiger partial charge in [0.1, 0.15) is 0 Å². The predicted octanol–water partition coefficient (Wildman–Crippen LogP) is 2.57. The molecule has 0 bridgehead atoms. The number of alkyl halides is 4. The van der Waals surface area contributed by atoms with E-state index in [-0.39, 0.29) is 0 Å². The molecule has 2 nitrogen and oxygen atoms in total. The summed E-state index contributed by atoms with van der Waals surface area (Å²) in [6.07, 6.45) is 0. The van der Waals surface area contributed by atoms with Crippen LogP contribution in [0.25, 0.3) is 0 Å². The minimum Gasteiger partial charge on any atom is -0.160 e. The van der Waals surface area contributed by atoms with Gasteiger partial charge in [0.15, 0.2) is 7.05 Å². The number of rotatable bonds is 1. The van der Waals surface area contributed by atoms with Crippen LogP contribution >= 0.6 is 50.7 Å². The second-order valence-electron chi connectivity index (χ2n) is 2.70. The third kappa shape index (κ3) is 2.32. The Morgan fingerprint density at radius 3 is 2.31 bits per heavy atom. The lowest BCUT2D eigenvalue weighted by Gasteiger charge is -2.03. The van der Waals surface area contributed by atoms with Crippen molar-refractivity contribution in [1.29, 1.82) is 0 Å². The molecule has 0 aliphatic carbocycles. The van der Waals surface area contributed by atoms with E-state index in [4.69, 9.17) is 34.8 Å². The second kappa shape index (κ2) is 3.97. The van der Waals surface area contributed by atoms with Gasteiger partial charge in [-0.1, -0.05) is 50.7 Å². The van der Waals surface area contributed by atoms with Crippen molar-refractivity contribution >= 4 is 50.7 Å². The molecular weight excluding hydrogens is 298 g/mol. The molecular formula is C7H9BrCl3N2+. The van der Waals surface area contributed by atoms with Crippen molar-refractivity contribution in [2.75, 3.05) is 0 Å². The van der Waals surface area contributed by atoms with Crippen LogP contribution in [-0.2, 0) is 23.2 Å². The second-order valence-corrected chi connectivity index (χ2v) is 5.54. The maximum absolute atomic E-state index is 5.79. The van der Waals surface area contributed by atoms with E-state index in [0.717, 1.165) is 11.0 Å². The van der Waals surface area contributed by atoms with E-state index in [1.807, 2.05) is 29.5 Å². The summed E-state index contributed by atoms with van der Waals surface area (Å²) in [5, 5.41) is 0.734. The van der Waals surface area contributed by atoms with E-state index in [9.17, 15) is 0 Å². The fourth-order valence-electron chi connectivity index (χ4n) is 1.09. The SMILES string of the molecule is Cn1c(CBr)cc(C(Cl)(Cl)Cl)[n+]1C. The maximum Gasteiger partial charge on any atom is 0.277 e. The highest BCUT2D eigenvalue weighted by Gasteiger charge is 2.35. The fraction of sp³-hybridized carbons (Fsp3) is 0.571. The van der Waals surface area contributed by atoms with Crippen molar-refractivity contribution in [2.45, 2.75) is 9.12 Å². The Labute approximate surface area is 100 Å². The van der Waals surface area contributed by atoms with Crippen LogP contribution in [0.1, 0.15) is 11.4 Å². The lowest BCUT2D eigenvalue weighted by molar-refractivity contribution is -0.758. The number of aromatic nitrogens is 2. The minimum absolute atomic E-state index is 0.662. The molecule has 0 N–H and O–H groups in total. The maximum atomic E-state index is 5.79. The van der Waals surface area contributed by atoms with Gasteiger partial charge in [-0.05, 0) is 0 Å². The quantitative estimate of drug-likeness (QED) is 0.557. The summed E-state index contributed by atoms with van der Waals surface area (Å²) in [4.78, 5) is 0. The Bertz CT molecular complexity index is 316. The summed E-state index contributed by atoms with van der Waals surface area (Å²) in [7, 11) is 3.76. The molecule has 0 saturated carbocycles. The first-order valence-corrected chi connectivity index (χ1v) is 5.81. The molecule has 13 heavy (non-hydrogen) atoms. The molecule has 6 heteroatoms. The molecule has 0 atom stereocenters. The van der Waals surface area contributed by atoms with Gasteiger partial charge in [-0.25, -0.2) is 0 Å². The molecule has 0 saturated heterocycles. The monoisotopic (exact) mass is 305 g/mol. The molecule has 0 amide bonds. The van der Waals surface area contributed by atoms with Gasteiger partial charge < -0.3 is 0 Å². The largest absolute Gasteiger partial charge is 0.277 e. The zero-order valence-electron chi connectivity index (χ0n) is 7.19. The fourth-order valence-corrected chi connectivity index (χ4v) is 2.14. The van der Waals surface area contributed by atoms with E-state index in [1.54, 1.807) is 0 Å². The molecule has 0 aromatic carbocycles. The van der Waals surface area contributed by atoms with Crippen molar-refractivity contribution in [2.24, 2.45) is 14.1 Å². The molecule has 0 aliphatic rings. The Morgan fingerprint density at radius 2 is 2.08 bits per heavy atom. The van der Waals surface area contributed by atoms with Gasteiger partial charge in [0, 0.05) is 11.4 Å². The van der Waals surface area contributed by atoms with E-state index in [2.05, 4.69) is 15.9 Å². The van der Waals surface area contributed by atoms with E-state index >= 15 is 0 Å². The summed E-state index contributed by atoms with van der Waals surface area (Å²) < 4.78 is 2.36. The molecule has 1 aromatic rings. The molecule has 0 radical (unpaired) electrons. The van der Waals surface area contributed by atoms with E-state index in [0.29, 0.717) is 5.69 Å². The third-order valence-electron chi connectivity index (χ3n) is 1.94. The molecule has 1 aromatic heterocycles. The summed E-state index contributed by atoms with van der Waals surface area (Å²) >= 11 is 20.7. The lowest BCUT2D eigenvalue weighted by atomic mass is 10.4. The topological polar surface area (TPSA) is 8.81 Å². The highest BCUT2D eigenvalue weighted by atomic mass is 79.9. The van der Waals surface area contributed by atoms with Gasteiger partial charge in [0.05, 0.1) is 12.7 Å². The number of hydrogen-bond donors (Lipinski definition) is 0. The van der Waals surface area contributed by atoms with Crippen molar-refractivity contribution in [3.05, 3.63) is 17.5 Å². The van der Waals surface area contributed by atoms with Gasteiger partial charge in [0.2, 0.25) is 0 Å². The van der Waals surface area contributed by atoms with Crippen LogP contribution < -0.4 is 4.68 Å². The van der Waals surface area contributed by atoms with Crippen LogP contribution in [0, 0.1) is 0 Å². The summed E-state index contributed by atoms with van der Waals surface area (Å²) in [5.41, 5.74) is 1.72. The zero-order valence-corrected chi connectivity index (χ0v) is 11.0.